The molecule has 112 valence electrons. The Hall–Kier alpha value is 0.245. The maximum Gasteiger partial charge on any atom is 0.481 e. The Kier molecular flexibility index (Phi) is 5.06. The van der Waals surface area contributed by atoms with E-state index in [0.717, 1.165) is 0 Å². The first-order valence-corrected chi connectivity index (χ1v) is 8.45. The van der Waals surface area contributed by atoms with E-state index in [2.05, 4.69) is 8.83 Å². The molecule has 0 radical (unpaired) electrons. The highest BCUT2D eigenvalue weighted by Crippen LogP contribution is 2.57. The van der Waals surface area contributed by atoms with Crippen LogP contribution in [0, 0.1) is 5.41 Å². The molecule has 0 bridgehead atoms. The van der Waals surface area contributed by atoms with Crippen LogP contribution in [0.15, 0.2) is 0 Å². The van der Waals surface area contributed by atoms with Crippen LogP contribution in [-0.2, 0) is 22.7 Å². The minimum atomic E-state index is -5.14. The molecule has 1 fully saturated rings. The molecule has 1 rings (SSSR count). The van der Waals surface area contributed by atoms with E-state index in [-0.39, 0.29) is 6.00 Å². The lowest BCUT2D eigenvalue weighted by molar-refractivity contribution is -0.00712. The van der Waals surface area contributed by atoms with Crippen molar-refractivity contribution < 1.29 is 42.5 Å². The van der Waals surface area contributed by atoms with Gasteiger partial charge in [0.15, 0.2) is 0 Å². The van der Waals surface area contributed by atoms with Crippen molar-refractivity contribution in [3.8, 4) is 0 Å². The molecular weight excluding hydrogens is 301 g/mol. The van der Waals surface area contributed by atoms with Crippen LogP contribution in [0.1, 0.15) is 13.8 Å². The Bertz CT molecular complexity index is 421. The number of phosphoric ester groups is 1. The van der Waals surface area contributed by atoms with Gasteiger partial charge in [0.2, 0.25) is 0 Å². The minimum absolute atomic E-state index is 0.308. The summed E-state index contributed by atoms with van der Waals surface area (Å²) in [7, 11) is -8.32. The van der Waals surface area contributed by atoms with Crippen molar-refractivity contribution in [1.82, 2.24) is 0 Å². The van der Waals surface area contributed by atoms with Gasteiger partial charge in [-0.2, -0.15) is 4.31 Å². The summed E-state index contributed by atoms with van der Waals surface area (Å²) in [6.07, 6.45) is -1.83. The number of hydrogen-bond acceptors (Lipinski definition) is 6. The van der Waals surface area contributed by atoms with Crippen LogP contribution in [-0.4, -0.2) is 52.5 Å². The van der Waals surface area contributed by atoms with Crippen molar-refractivity contribution in [3.63, 3.8) is 0 Å². The lowest BCUT2D eigenvalue weighted by atomic mass is 9.73. The van der Waals surface area contributed by atoms with Crippen LogP contribution in [0.4, 0.5) is 0 Å². The van der Waals surface area contributed by atoms with Gasteiger partial charge in [0.1, 0.15) is 14.0 Å². The van der Waals surface area contributed by atoms with Crippen LogP contribution in [0.3, 0.4) is 0 Å². The van der Waals surface area contributed by atoms with Gasteiger partial charge in [-0.15, -0.1) is 0 Å². The third-order valence-electron chi connectivity index (χ3n) is 3.15. The van der Waals surface area contributed by atoms with Crippen LogP contribution in [0.5, 0.6) is 0 Å². The molecule has 0 aromatic heterocycles. The van der Waals surface area contributed by atoms with Gasteiger partial charge in [0.25, 0.3) is 0 Å². The van der Waals surface area contributed by atoms with Crippen molar-refractivity contribution in [2.45, 2.75) is 32.1 Å². The highest BCUT2D eigenvalue weighted by atomic mass is 31.3. The molecule has 1 saturated heterocycles. The fourth-order valence-corrected chi connectivity index (χ4v) is 3.29. The first kappa shape index (κ1) is 17.3. The molecule has 0 saturated carbocycles. The average Bonchev–Trinajstić information content (AvgIpc) is 2.36. The van der Waals surface area contributed by atoms with E-state index in [1.54, 1.807) is 21.7 Å². The second-order valence-corrected chi connectivity index (χ2v) is 7.75. The molecule has 12 heteroatoms. The molecule has 19 heavy (non-hydrogen) atoms. The fourth-order valence-electron chi connectivity index (χ4n) is 1.69. The Balaban J connectivity index is 2.59. The van der Waals surface area contributed by atoms with Gasteiger partial charge < -0.3 is 24.5 Å². The standard InChI is InChI=1S/C7H17BO9P2/c1-7(2)5(9)4(16-6(7)8)3-15-19(13,14)17-18(10,11)12/h4-6,9H,3,8H2,1-2H3,(H,13,14)(H2,10,11,12)/t4-,5-,6?/m1/s1. The second-order valence-electron chi connectivity index (χ2n) is 4.92. The van der Waals surface area contributed by atoms with Gasteiger partial charge in [-0.1, -0.05) is 13.8 Å². The van der Waals surface area contributed by atoms with Gasteiger partial charge in [0.05, 0.1) is 12.7 Å². The zero-order valence-electron chi connectivity index (χ0n) is 10.7. The summed E-state index contributed by atoms with van der Waals surface area (Å²) < 4.78 is 35.0. The number of phosphoric acid groups is 2. The van der Waals surface area contributed by atoms with Gasteiger partial charge in [-0.05, 0) is 0 Å². The number of hydrogen-bond donors (Lipinski definition) is 4. The molecule has 0 spiro atoms. The quantitative estimate of drug-likeness (QED) is 0.369. The monoisotopic (exact) mass is 318 g/mol. The lowest BCUT2D eigenvalue weighted by Gasteiger charge is -2.26. The normalized spacial score (nSPS) is 34.1. The van der Waals surface area contributed by atoms with E-state index in [0.29, 0.717) is 0 Å². The molecular formula is C7H17BO9P2. The van der Waals surface area contributed by atoms with Crippen LogP contribution >= 0.6 is 15.6 Å². The summed E-state index contributed by atoms with van der Waals surface area (Å²) in [4.78, 5) is 25.9. The predicted octanol–water partition coefficient (Wildman–Crippen LogP) is -1.04. The third-order valence-corrected chi connectivity index (χ3v) is 5.30. The third kappa shape index (κ3) is 4.63. The summed E-state index contributed by atoms with van der Waals surface area (Å²) >= 11 is 0. The Morgan fingerprint density at radius 2 is 1.84 bits per heavy atom. The molecule has 4 atom stereocenters. The van der Waals surface area contributed by atoms with E-state index in [1.807, 2.05) is 0 Å². The Labute approximate surface area is 111 Å². The van der Waals surface area contributed by atoms with E-state index < -0.39 is 39.9 Å². The smallest absolute Gasteiger partial charge is 0.390 e. The predicted molar refractivity (Wildman–Crippen MR) is 65.9 cm³/mol. The molecule has 9 nitrogen and oxygen atoms in total. The summed E-state index contributed by atoms with van der Waals surface area (Å²) in [6.45, 7) is 2.99. The van der Waals surface area contributed by atoms with E-state index in [1.165, 1.54) is 0 Å². The number of rotatable bonds is 5. The summed E-state index contributed by atoms with van der Waals surface area (Å²) in [5.74, 6) is 0. The highest BCUT2D eigenvalue weighted by Gasteiger charge is 2.48. The molecule has 1 aliphatic heterocycles. The summed E-state index contributed by atoms with van der Waals surface area (Å²) in [5.41, 5.74) is -0.572. The molecule has 1 heterocycles. The number of aliphatic hydroxyl groups is 1. The van der Waals surface area contributed by atoms with E-state index in [4.69, 9.17) is 19.4 Å². The van der Waals surface area contributed by atoms with Gasteiger partial charge in [0, 0.05) is 11.4 Å². The van der Waals surface area contributed by atoms with Crippen molar-refractivity contribution >= 4 is 23.5 Å². The highest BCUT2D eigenvalue weighted by molar-refractivity contribution is 7.60. The average molecular weight is 318 g/mol. The molecule has 0 aromatic rings. The van der Waals surface area contributed by atoms with Crippen LogP contribution < -0.4 is 0 Å². The molecule has 0 aromatic carbocycles. The molecule has 0 amide bonds. The molecule has 1 aliphatic rings. The fraction of sp³-hybridized carbons (Fsp3) is 1.00. The zero-order chi connectivity index (χ0) is 15.1. The maximum absolute atomic E-state index is 11.2. The van der Waals surface area contributed by atoms with Crippen LogP contribution in [0.2, 0.25) is 0 Å². The topological polar surface area (TPSA) is 143 Å². The van der Waals surface area contributed by atoms with Gasteiger partial charge in [-0.25, -0.2) is 9.13 Å². The van der Waals surface area contributed by atoms with Crippen molar-refractivity contribution in [1.29, 1.82) is 0 Å². The summed E-state index contributed by atoms with van der Waals surface area (Å²) in [6, 6.07) is -0.308. The lowest BCUT2D eigenvalue weighted by Crippen LogP contribution is -2.37. The largest absolute Gasteiger partial charge is 0.481 e. The van der Waals surface area contributed by atoms with E-state index in [9.17, 15) is 14.2 Å². The van der Waals surface area contributed by atoms with Gasteiger partial charge in [-0.3, -0.25) is 4.52 Å². The first-order valence-electron chi connectivity index (χ1n) is 5.43. The number of ether oxygens (including phenoxy) is 1. The summed E-state index contributed by atoms with van der Waals surface area (Å²) in [5, 5.41) is 9.95. The van der Waals surface area contributed by atoms with E-state index >= 15 is 0 Å². The zero-order valence-corrected chi connectivity index (χ0v) is 12.5. The minimum Gasteiger partial charge on any atom is -0.390 e. The van der Waals surface area contributed by atoms with Crippen LogP contribution in [0.25, 0.3) is 0 Å². The van der Waals surface area contributed by atoms with Crippen molar-refractivity contribution in [3.05, 3.63) is 0 Å². The molecule has 0 aliphatic carbocycles. The van der Waals surface area contributed by atoms with Gasteiger partial charge >= 0.3 is 15.6 Å². The SMILES string of the molecule is BC1O[C@H](COP(=O)(O)OP(=O)(O)O)[C@@H](O)C1(C)C. The Morgan fingerprint density at radius 3 is 2.21 bits per heavy atom. The van der Waals surface area contributed by atoms with Crippen molar-refractivity contribution in [2.75, 3.05) is 6.61 Å². The second kappa shape index (κ2) is 5.56. The molecule has 2 unspecified atom stereocenters. The first-order chi connectivity index (χ1) is 8.35. The van der Waals surface area contributed by atoms with Crippen molar-refractivity contribution in [2.24, 2.45) is 5.41 Å². The maximum atomic E-state index is 11.2. The molecule has 4 N–H and O–H groups in total. The number of aliphatic hydroxyl groups excluding tert-OH is 1. The Morgan fingerprint density at radius 1 is 1.32 bits per heavy atom.